The van der Waals surface area contributed by atoms with Gasteiger partial charge in [-0.05, 0) is 23.8 Å². The fourth-order valence-electron chi connectivity index (χ4n) is 2.22. The third-order valence-electron chi connectivity index (χ3n) is 3.00. The molecule has 0 spiro atoms. The van der Waals surface area contributed by atoms with Gasteiger partial charge in [0.05, 0.1) is 0 Å². The van der Waals surface area contributed by atoms with Crippen LogP contribution in [0.1, 0.15) is 18.1 Å². The van der Waals surface area contributed by atoms with Gasteiger partial charge in [-0.25, -0.2) is 0 Å². The van der Waals surface area contributed by atoms with E-state index < -0.39 is 0 Å². The van der Waals surface area contributed by atoms with Gasteiger partial charge >= 0.3 is 5.97 Å². The molecule has 0 radical (unpaired) electrons. The summed E-state index contributed by atoms with van der Waals surface area (Å²) in [6.45, 7) is 1.48. The van der Waals surface area contributed by atoms with E-state index in [0.29, 0.717) is 5.25 Å². The lowest BCUT2D eigenvalue weighted by Crippen LogP contribution is -2.36. The minimum Gasteiger partial charge on any atom is -0.461 e. The summed E-state index contributed by atoms with van der Waals surface area (Å²) in [5.74, 6) is -0.177. The van der Waals surface area contributed by atoms with Crippen LogP contribution in [-0.2, 0) is 22.4 Å². The first-order chi connectivity index (χ1) is 7.70. The molecular formula is C13H16O2S. The Morgan fingerprint density at radius 1 is 1.31 bits per heavy atom. The van der Waals surface area contributed by atoms with Crippen LogP contribution in [0.4, 0.5) is 0 Å². The molecule has 2 atom stereocenters. The Morgan fingerprint density at radius 3 is 2.50 bits per heavy atom. The number of carbonyl (C=O) groups is 1. The van der Waals surface area contributed by atoms with Crippen LogP contribution in [0.25, 0.3) is 0 Å². The molecule has 0 saturated heterocycles. The van der Waals surface area contributed by atoms with E-state index in [-0.39, 0.29) is 12.1 Å². The predicted molar refractivity (Wildman–Crippen MR) is 66.7 cm³/mol. The zero-order chi connectivity index (χ0) is 11.5. The van der Waals surface area contributed by atoms with Crippen molar-refractivity contribution >= 4 is 17.7 Å². The number of esters is 1. The quantitative estimate of drug-likeness (QED) is 0.738. The Morgan fingerprint density at radius 2 is 1.94 bits per heavy atom. The van der Waals surface area contributed by atoms with E-state index in [2.05, 4.69) is 24.5 Å². The number of rotatable bonds is 2. The number of fused-ring (bicyclic) bond motifs is 1. The Balaban J connectivity index is 2.20. The molecule has 0 aliphatic heterocycles. The van der Waals surface area contributed by atoms with Gasteiger partial charge in [0, 0.05) is 18.6 Å². The minimum atomic E-state index is -0.177. The van der Waals surface area contributed by atoms with E-state index in [1.807, 2.05) is 6.07 Å². The molecule has 0 fully saturated rings. The zero-order valence-electron chi connectivity index (χ0n) is 9.60. The van der Waals surface area contributed by atoms with Crippen LogP contribution in [-0.4, -0.2) is 23.6 Å². The summed E-state index contributed by atoms with van der Waals surface area (Å²) < 4.78 is 5.39. The zero-order valence-corrected chi connectivity index (χ0v) is 10.4. The second-order valence-electron chi connectivity index (χ2n) is 4.10. The average molecular weight is 236 g/mol. The monoisotopic (exact) mass is 236 g/mol. The minimum absolute atomic E-state index is 0.0300. The lowest BCUT2D eigenvalue weighted by atomic mass is 9.89. The number of hydrogen-bond donors (Lipinski definition) is 0. The van der Waals surface area contributed by atoms with Crippen LogP contribution in [0.3, 0.4) is 0 Å². The van der Waals surface area contributed by atoms with E-state index in [4.69, 9.17) is 4.74 Å². The first-order valence-electron chi connectivity index (χ1n) is 5.47. The number of ether oxygens (including phenoxy) is 1. The topological polar surface area (TPSA) is 26.3 Å². The lowest BCUT2D eigenvalue weighted by Gasteiger charge is -2.31. The molecule has 0 unspecified atom stereocenters. The Bertz CT molecular complexity index is 389. The highest BCUT2D eigenvalue weighted by molar-refractivity contribution is 7.99. The van der Waals surface area contributed by atoms with Crippen molar-refractivity contribution in [1.82, 2.24) is 0 Å². The van der Waals surface area contributed by atoms with Gasteiger partial charge in [0.15, 0.2) is 0 Å². The molecule has 3 heteroatoms. The summed E-state index contributed by atoms with van der Waals surface area (Å²) in [5.41, 5.74) is 2.71. The SMILES string of the molecule is CS[C@@H]1Cc2ccccc2C[C@H]1OC(C)=O. The standard InChI is InChI=1S/C13H16O2S/c1-9(14)15-12-7-10-5-3-4-6-11(10)8-13(12)16-2/h3-6,12-13H,7-8H2,1-2H3/t12-,13-/m1/s1. The Hall–Kier alpha value is -0.960. The largest absolute Gasteiger partial charge is 0.461 e. The van der Waals surface area contributed by atoms with Gasteiger partial charge < -0.3 is 4.74 Å². The molecule has 2 rings (SSSR count). The molecule has 0 heterocycles. The van der Waals surface area contributed by atoms with Crippen molar-refractivity contribution in [2.75, 3.05) is 6.26 Å². The maximum atomic E-state index is 11.1. The highest BCUT2D eigenvalue weighted by Crippen LogP contribution is 2.29. The van der Waals surface area contributed by atoms with Crippen molar-refractivity contribution in [3.63, 3.8) is 0 Å². The number of thioether (sulfide) groups is 1. The van der Waals surface area contributed by atoms with E-state index >= 15 is 0 Å². The fourth-order valence-corrected chi connectivity index (χ4v) is 3.02. The molecule has 0 bridgehead atoms. The van der Waals surface area contributed by atoms with Crippen LogP contribution in [0.5, 0.6) is 0 Å². The number of benzene rings is 1. The molecule has 16 heavy (non-hydrogen) atoms. The van der Waals surface area contributed by atoms with Crippen LogP contribution < -0.4 is 0 Å². The van der Waals surface area contributed by atoms with Gasteiger partial charge in [0.25, 0.3) is 0 Å². The first-order valence-corrected chi connectivity index (χ1v) is 6.76. The third-order valence-corrected chi connectivity index (χ3v) is 4.07. The van der Waals surface area contributed by atoms with Crippen LogP contribution in [0, 0.1) is 0 Å². The first kappa shape index (κ1) is 11.5. The van der Waals surface area contributed by atoms with E-state index in [1.54, 1.807) is 11.8 Å². The summed E-state index contributed by atoms with van der Waals surface area (Å²) >= 11 is 1.78. The maximum absolute atomic E-state index is 11.1. The van der Waals surface area contributed by atoms with Gasteiger partial charge in [-0.2, -0.15) is 11.8 Å². The molecule has 86 valence electrons. The van der Waals surface area contributed by atoms with Crippen molar-refractivity contribution < 1.29 is 9.53 Å². The summed E-state index contributed by atoms with van der Waals surface area (Å²) in [6.07, 6.45) is 3.95. The van der Waals surface area contributed by atoms with Crippen molar-refractivity contribution in [2.24, 2.45) is 0 Å². The smallest absolute Gasteiger partial charge is 0.302 e. The number of hydrogen-bond acceptors (Lipinski definition) is 3. The molecule has 0 saturated carbocycles. The van der Waals surface area contributed by atoms with Crippen LogP contribution in [0.15, 0.2) is 24.3 Å². The predicted octanol–water partition coefficient (Wildman–Crippen LogP) is 2.45. The highest BCUT2D eigenvalue weighted by Gasteiger charge is 2.29. The second kappa shape index (κ2) is 4.91. The average Bonchev–Trinajstić information content (AvgIpc) is 2.27. The van der Waals surface area contributed by atoms with Crippen LogP contribution in [0.2, 0.25) is 0 Å². The van der Waals surface area contributed by atoms with Gasteiger partial charge in [0.1, 0.15) is 6.10 Å². The van der Waals surface area contributed by atoms with Crippen LogP contribution >= 0.6 is 11.8 Å². The Kier molecular flexibility index (Phi) is 3.54. The summed E-state index contributed by atoms with van der Waals surface area (Å²) in [7, 11) is 0. The van der Waals surface area contributed by atoms with Gasteiger partial charge in [-0.3, -0.25) is 4.79 Å². The second-order valence-corrected chi connectivity index (χ2v) is 5.18. The third kappa shape index (κ3) is 2.40. The van der Waals surface area contributed by atoms with E-state index in [0.717, 1.165) is 12.8 Å². The van der Waals surface area contributed by atoms with Gasteiger partial charge in [0.2, 0.25) is 0 Å². The summed E-state index contributed by atoms with van der Waals surface area (Å²) in [4.78, 5) is 11.1. The van der Waals surface area contributed by atoms with Gasteiger partial charge in [-0.15, -0.1) is 0 Å². The normalized spacial score (nSPS) is 23.6. The van der Waals surface area contributed by atoms with E-state index in [9.17, 15) is 4.79 Å². The fraction of sp³-hybridized carbons (Fsp3) is 0.462. The molecule has 0 N–H and O–H groups in total. The number of carbonyl (C=O) groups excluding carboxylic acids is 1. The van der Waals surface area contributed by atoms with Crippen molar-refractivity contribution in [2.45, 2.75) is 31.1 Å². The Labute approximate surface area is 100 Å². The highest BCUT2D eigenvalue weighted by atomic mass is 32.2. The molecule has 0 amide bonds. The summed E-state index contributed by atoms with van der Waals surface area (Å²) in [6, 6.07) is 8.41. The van der Waals surface area contributed by atoms with Gasteiger partial charge in [-0.1, -0.05) is 24.3 Å². The molecule has 2 nitrogen and oxygen atoms in total. The molecule has 1 aliphatic rings. The molecule has 1 aromatic carbocycles. The molecule has 0 aromatic heterocycles. The lowest BCUT2D eigenvalue weighted by molar-refractivity contribution is -0.146. The van der Waals surface area contributed by atoms with Crippen molar-refractivity contribution in [1.29, 1.82) is 0 Å². The summed E-state index contributed by atoms with van der Waals surface area (Å²) in [5, 5.41) is 0.388. The molecular weight excluding hydrogens is 220 g/mol. The van der Waals surface area contributed by atoms with E-state index in [1.165, 1.54) is 18.1 Å². The maximum Gasteiger partial charge on any atom is 0.302 e. The van der Waals surface area contributed by atoms with Crippen molar-refractivity contribution in [3.8, 4) is 0 Å². The molecule has 1 aliphatic carbocycles. The van der Waals surface area contributed by atoms with Crippen molar-refractivity contribution in [3.05, 3.63) is 35.4 Å². The molecule has 1 aromatic rings.